The molecule has 3 heterocycles. The van der Waals surface area contributed by atoms with Crippen molar-refractivity contribution in [1.82, 2.24) is 19.4 Å². The molecule has 1 saturated heterocycles. The van der Waals surface area contributed by atoms with Gasteiger partial charge in [0.05, 0.1) is 29.8 Å². The van der Waals surface area contributed by atoms with Crippen molar-refractivity contribution < 1.29 is 19.7 Å². The number of carboxylic acid groups (broad SMARTS) is 1. The molecule has 4 rings (SSSR count). The van der Waals surface area contributed by atoms with Crippen LogP contribution in [0.4, 0.5) is 0 Å². The molecule has 3 atom stereocenters. The van der Waals surface area contributed by atoms with Gasteiger partial charge in [-0.05, 0) is 56.9 Å². The van der Waals surface area contributed by atoms with Crippen molar-refractivity contribution in [3.63, 3.8) is 0 Å². The molecular formula is C25H32N4O5. The van der Waals surface area contributed by atoms with Crippen molar-refractivity contribution in [3.8, 4) is 11.4 Å². The van der Waals surface area contributed by atoms with Crippen molar-refractivity contribution in [2.75, 3.05) is 6.61 Å². The fourth-order valence-corrected chi connectivity index (χ4v) is 4.54. The molecule has 1 aromatic carbocycles. The van der Waals surface area contributed by atoms with Gasteiger partial charge in [0, 0.05) is 37.5 Å². The number of aryl methyl sites for hydroxylation is 2. The zero-order valence-electron chi connectivity index (χ0n) is 19.8. The number of hydrogen-bond acceptors (Lipinski definition) is 6. The van der Waals surface area contributed by atoms with Gasteiger partial charge in [0.1, 0.15) is 11.9 Å². The normalized spacial score (nSPS) is 18.2. The number of carbonyl (C=O) groups is 1. The van der Waals surface area contributed by atoms with Crippen LogP contribution in [0, 0.1) is 6.92 Å². The highest BCUT2D eigenvalue weighted by Gasteiger charge is 2.23. The highest BCUT2D eigenvalue weighted by molar-refractivity contribution is 5.81. The Morgan fingerprint density at radius 2 is 2.12 bits per heavy atom. The van der Waals surface area contributed by atoms with E-state index in [1.54, 1.807) is 24.7 Å². The fraction of sp³-hybridized carbons (Fsp3) is 0.480. The summed E-state index contributed by atoms with van der Waals surface area (Å²) in [5.41, 5.74) is 4.05. The van der Waals surface area contributed by atoms with Crippen molar-refractivity contribution in [2.45, 2.75) is 64.4 Å². The Morgan fingerprint density at radius 1 is 1.32 bits per heavy atom. The number of aliphatic carboxylic acids is 1. The lowest BCUT2D eigenvalue weighted by atomic mass is 10.1. The molecular weight excluding hydrogens is 436 g/mol. The Hall–Kier alpha value is -3.01. The molecule has 182 valence electrons. The number of rotatable bonds is 8. The minimum Gasteiger partial charge on any atom is -0.480 e. The van der Waals surface area contributed by atoms with Crippen LogP contribution in [0.3, 0.4) is 0 Å². The predicted octanol–water partition coefficient (Wildman–Crippen LogP) is 2.20. The molecule has 1 aliphatic rings. The summed E-state index contributed by atoms with van der Waals surface area (Å²) in [5, 5.41) is 21.9. The molecule has 0 spiro atoms. The van der Waals surface area contributed by atoms with E-state index in [9.17, 15) is 19.8 Å². The fourth-order valence-electron chi connectivity index (χ4n) is 4.54. The highest BCUT2D eigenvalue weighted by Crippen LogP contribution is 2.28. The molecule has 2 unspecified atom stereocenters. The minimum atomic E-state index is -1.10. The molecule has 1 fully saturated rings. The van der Waals surface area contributed by atoms with E-state index in [-0.39, 0.29) is 18.2 Å². The lowest BCUT2D eigenvalue weighted by molar-refractivity contribution is -0.142. The van der Waals surface area contributed by atoms with Crippen LogP contribution < -0.4 is 10.9 Å². The molecule has 0 aliphatic carbocycles. The molecule has 2 aromatic heterocycles. The van der Waals surface area contributed by atoms with Gasteiger partial charge in [0.25, 0.3) is 5.56 Å². The number of carboxylic acids is 1. The maximum absolute atomic E-state index is 12.2. The molecule has 0 bridgehead atoms. The monoisotopic (exact) mass is 468 g/mol. The minimum absolute atomic E-state index is 0.0403. The topological polar surface area (TPSA) is 119 Å². The van der Waals surface area contributed by atoms with Gasteiger partial charge >= 0.3 is 5.97 Å². The van der Waals surface area contributed by atoms with E-state index in [0.717, 1.165) is 53.9 Å². The van der Waals surface area contributed by atoms with Gasteiger partial charge in [0.2, 0.25) is 0 Å². The second kappa shape index (κ2) is 10.1. The van der Waals surface area contributed by atoms with E-state index in [4.69, 9.17) is 9.72 Å². The van der Waals surface area contributed by atoms with Gasteiger partial charge in [-0.15, -0.1) is 0 Å². The number of pyridine rings is 1. The van der Waals surface area contributed by atoms with E-state index in [0.29, 0.717) is 12.1 Å². The molecule has 9 heteroatoms. The van der Waals surface area contributed by atoms with Crippen LogP contribution in [0.25, 0.3) is 22.4 Å². The largest absolute Gasteiger partial charge is 0.480 e. The third-order valence-corrected chi connectivity index (χ3v) is 6.37. The van der Waals surface area contributed by atoms with Crippen molar-refractivity contribution in [3.05, 3.63) is 51.9 Å². The SMILES string of the molecule is Cc1cc(-c2nc3cc(CNC(C(=O)O)C(C)O)ccc3n2C[C@@H]2CCCCO2)cn(C)c1=O. The Kier molecular flexibility index (Phi) is 7.16. The van der Waals surface area contributed by atoms with Crippen LogP contribution in [0.2, 0.25) is 0 Å². The Bertz CT molecular complexity index is 1210. The highest BCUT2D eigenvalue weighted by atomic mass is 16.5. The summed E-state index contributed by atoms with van der Waals surface area (Å²) in [7, 11) is 1.74. The van der Waals surface area contributed by atoms with Gasteiger partial charge in [-0.3, -0.25) is 14.9 Å². The van der Waals surface area contributed by atoms with Gasteiger partial charge in [-0.2, -0.15) is 0 Å². The van der Waals surface area contributed by atoms with Crippen molar-refractivity contribution in [1.29, 1.82) is 0 Å². The smallest absolute Gasteiger partial charge is 0.323 e. The zero-order chi connectivity index (χ0) is 24.4. The molecule has 9 nitrogen and oxygen atoms in total. The van der Waals surface area contributed by atoms with E-state index in [1.807, 2.05) is 24.3 Å². The van der Waals surface area contributed by atoms with Crippen LogP contribution >= 0.6 is 0 Å². The van der Waals surface area contributed by atoms with Gasteiger partial charge in [-0.25, -0.2) is 4.98 Å². The number of fused-ring (bicyclic) bond motifs is 1. The predicted molar refractivity (Wildman–Crippen MR) is 129 cm³/mol. The molecule has 3 N–H and O–H groups in total. The number of nitrogens with one attached hydrogen (secondary N) is 1. The lowest BCUT2D eigenvalue weighted by Crippen LogP contribution is -2.44. The first-order valence-electron chi connectivity index (χ1n) is 11.7. The van der Waals surface area contributed by atoms with E-state index in [1.165, 1.54) is 6.92 Å². The van der Waals surface area contributed by atoms with E-state index >= 15 is 0 Å². The summed E-state index contributed by atoms with van der Waals surface area (Å²) in [6.45, 7) is 4.95. The first-order valence-corrected chi connectivity index (χ1v) is 11.7. The molecule has 3 aromatic rings. The van der Waals surface area contributed by atoms with Crippen LogP contribution in [0.1, 0.15) is 37.3 Å². The molecule has 1 aliphatic heterocycles. The lowest BCUT2D eigenvalue weighted by Gasteiger charge is -2.24. The maximum atomic E-state index is 12.2. The summed E-state index contributed by atoms with van der Waals surface area (Å²) in [6.07, 6.45) is 4.09. The van der Waals surface area contributed by atoms with Crippen LogP contribution in [0.15, 0.2) is 35.3 Å². The maximum Gasteiger partial charge on any atom is 0.323 e. The summed E-state index contributed by atoms with van der Waals surface area (Å²) in [5.74, 6) is -0.333. The number of hydrogen-bond donors (Lipinski definition) is 3. The second-order valence-corrected chi connectivity index (χ2v) is 9.12. The van der Waals surface area contributed by atoms with Gasteiger partial charge in [-0.1, -0.05) is 6.07 Å². The average molecular weight is 469 g/mol. The van der Waals surface area contributed by atoms with Gasteiger partial charge in [0.15, 0.2) is 0 Å². The van der Waals surface area contributed by atoms with Crippen LogP contribution in [0.5, 0.6) is 0 Å². The van der Waals surface area contributed by atoms with Crippen molar-refractivity contribution in [2.24, 2.45) is 7.05 Å². The Morgan fingerprint density at radius 3 is 2.76 bits per heavy atom. The quantitative estimate of drug-likeness (QED) is 0.464. The first kappa shape index (κ1) is 24.1. The third-order valence-electron chi connectivity index (χ3n) is 6.37. The molecule has 0 radical (unpaired) electrons. The second-order valence-electron chi connectivity index (χ2n) is 9.12. The summed E-state index contributed by atoms with van der Waals surface area (Å²) in [4.78, 5) is 28.5. The summed E-state index contributed by atoms with van der Waals surface area (Å²) in [6, 6.07) is 6.66. The zero-order valence-corrected chi connectivity index (χ0v) is 19.8. The number of aliphatic hydroxyl groups is 1. The Labute approximate surface area is 198 Å². The molecule has 0 saturated carbocycles. The van der Waals surface area contributed by atoms with Crippen LogP contribution in [-0.2, 0) is 29.7 Å². The van der Waals surface area contributed by atoms with Crippen LogP contribution in [-0.4, -0.2) is 55.2 Å². The third kappa shape index (κ3) is 5.06. The molecule has 0 amide bonds. The number of nitrogens with zero attached hydrogens (tertiary/aromatic N) is 3. The summed E-state index contributed by atoms with van der Waals surface area (Å²) < 4.78 is 9.72. The number of benzene rings is 1. The van der Waals surface area contributed by atoms with E-state index < -0.39 is 18.1 Å². The molecule has 34 heavy (non-hydrogen) atoms. The standard InChI is InChI=1S/C25H32N4O5/c1-15-10-18(13-28(3)24(15)31)23-27-20-11-17(12-26-22(16(2)30)25(32)33)7-8-21(20)29(23)14-19-6-4-5-9-34-19/h7-8,10-11,13,16,19,22,26,30H,4-6,9,12,14H2,1-3H3,(H,32,33)/t16?,19-,22?/m0/s1. The average Bonchev–Trinajstić information content (AvgIpc) is 3.15. The number of aromatic nitrogens is 3. The number of ether oxygens (including phenoxy) is 1. The number of aliphatic hydroxyl groups excluding tert-OH is 1. The van der Waals surface area contributed by atoms with E-state index in [2.05, 4.69) is 9.88 Å². The first-order chi connectivity index (χ1) is 16.2. The number of imidazole rings is 1. The summed E-state index contributed by atoms with van der Waals surface area (Å²) >= 11 is 0. The van der Waals surface area contributed by atoms with Gasteiger partial charge < -0.3 is 24.1 Å². The Balaban J connectivity index is 1.72. The van der Waals surface area contributed by atoms with Crippen molar-refractivity contribution >= 4 is 17.0 Å².